The molecule has 2 fully saturated rings. The van der Waals surface area contributed by atoms with Gasteiger partial charge in [0.25, 0.3) is 0 Å². The number of phenolic OH excluding ortho intramolecular Hbond substituents is 1. The maximum absolute atomic E-state index is 15.0. The Kier molecular flexibility index (Phi) is 6.01. The van der Waals surface area contributed by atoms with Crippen LogP contribution in [0, 0.1) is 11.6 Å². The van der Waals surface area contributed by atoms with Gasteiger partial charge in [0.15, 0.2) is 11.6 Å². The molecule has 2 saturated heterocycles. The summed E-state index contributed by atoms with van der Waals surface area (Å²) in [6.45, 7) is 5.99. The highest BCUT2D eigenvalue weighted by Gasteiger charge is 2.37. The Morgan fingerprint density at radius 2 is 1.87 bits per heavy atom. The van der Waals surface area contributed by atoms with Gasteiger partial charge in [0.1, 0.15) is 12.0 Å². The number of hydrogen-bond acceptors (Lipinski definition) is 4. The summed E-state index contributed by atoms with van der Waals surface area (Å²) in [6.07, 6.45) is 0.113. The Bertz CT molecular complexity index is 906. The quantitative estimate of drug-likeness (QED) is 0.792. The Hall–Kier alpha value is -2.51. The number of nitrogens with zero attached hydrogens (tertiary/aromatic N) is 2. The van der Waals surface area contributed by atoms with Crippen molar-refractivity contribution in [1.29, 1.82) is 0 Å². The molecular formula is C23H25F3N2O2. The second kappa shape index (κ2) is 8.70. The monoisotopic (exact) mass is 418 g/mol. The van der Waals surface area contributed by atoms with Crippen molar-refractivity contribution < 1.29 is 23.1 Å². The van der Waals surface area contributed by atoms with Crippen LogP contribution in [0.1, 0.15) is 29.9 Å². The Morgan fingerprint density at radius 3 is 2.57 bits per heavy atom. The molecule has 2 aromatic carbocycles. The van der Waals surface area contributed by atoms with Gasteiger partial charge in [-0.1, -0.05) is 24.8 Å². The molecule has 0 bridgehead atoms. The molecule has 7 heteroatoms. The van der Waals surface area contributed by atoms with Crippen LogP contribution in [0.5, 0.6) is 5.75 Å². The Morgan fingerprint density at radius 1 is 1.10 bits per heavy atom. The summed E-state index contributed by atoms with van der Waals surface area (Å²) >= 11 is 0. The standard InChI is InChI=1S/C23H25F3N2O2/c1-15-22(9-11-30-28(15)13-16-2-5-18(24)6-3-16)27-10-8-19(21(26)14-27)17-4-7-23(29)20(25)12-17/h2-7,12,19,21-22,29H,1,8-11,13-14H2. The molecule has 2 aliphatic rings. The lowest BCUT2D eigenvalue weighted by atomic mass is 9.86. The zero-order valence-electron chi connectivity index (χ0n) is 16.6. The number of alkyl halides is 1. The minimum absolute atomic E-state index is 0.0463. The number of likely N-dealkylation sites (tertiary alicyclic amines) is 1. The second-order valence-corrected chi connectivity index (χ2v) is 7.91. The van der Waals surface area contributed by atoms with Crippen molar-refractivity contribution in [2.75, 3.05) is 19.7 Å². The van der Waals surface area contributed by atoms with Crippen molar-refractivity contribution in [2.24, 2.45) is 0 Å². The summed E-state index contributed by atoms with van der Waals surface area (Å²) in [7, 11) is 0. The molecule has 0 spiro atoms. The Labute approximate surface area is 174 Å². The molecule has 4 nitrogen and oxygen atoms in total. The van der Waals surface area contributed by atoms with Gasteiger partial charge in [0.2, 0.25) is 0 Å². The highest BCUT2D eigenvalue weighted by molar-refractivity contribution is 5.31. The van der Waals surface area contributed by atoms with Crippen molar-refractivity contribution >= 4 is 0 Å². The molecule has 0 aromatic heterocycles. The molecule has 1 N–H and O–H groups in total. The van der Waals surface area contributed by atoms with Crippen molar-refractivity contribution in [3.05, 3.63) is 77.5 Å². The van der Waals surface area contributed by atoms with Crippen LogP contribution in [0.3, 0.4) is 0 Å². The van der Waals surface area contributed by atoms with E-state index in [2.05, 4.69) is 11.5 Å². The summed E-state index contributed by atoms with van der Waals surface area (Å²) < 4.78 is 41.9. The normalized spacial score (nSPS) is 25.5. The fourth-order valence-corrected chi connectivity index (χ4v) is 4.33. The molecule has 0 amide bonds. The summed E-state index contributed by atoms with van der Waals surface area (Å²) in [5.41, 5.74) is 2.22. The van der Waals surface area contributed by atoms with E-state index in [1.54, 1.807) is 23.3 Å². The molecule has 4 rings (SSSR count). The smallest absolute Gasteiger partial charge is 0.165 e. The van der Waals surface area contributed by atoms with Crippen LogP contribution in [0.25, 0.3) is 0 Å². The van der Waals surface area contributed by atoms with E-state index in [0.29, 0.717) is 38.1 Å². The van der Waals surface area contributed by atoms with Gasteiger partial charge in [-0.2, -0.15) is 0 Å². The summed E-state index contributed by atoms with van der Waals surface area (Å²) in [5, 5.41) is 11.1. The number of hydrogen-bond donors (Lipinski definition) is 1. The lowest BCUT2D eigenvalue weighted by Gasteiger charge is -2.44. The number of halogens is 3. The molecule has 2 aromatic rings. The van der Waals surface area contributed by atoms with Crippen LogP contribution in [-0.4, -0.2) is 47.0 Å². The lowest BCUT2D eigenvalue weighted by Crippen LogP contribution is -2.51. The molecule has 0 radical (unpaired) electrons. The van der Waals surface area contributed by atoms with Crippen LogP contribution in [0.15, 0.2) is 54.7 Å². The number of hydroxylamine groups is 2. The molecule has 0 saturated carbocycles. The summed E-state index contributed by atoms with van der Waals surface area (Å²) in [5.74, 6) is -1.84. The number of piperidine rings is 1. The number of benzene rings is 2. The maximum atomic E-state index is 15.0. The first-order chi connectivity index (χ1) is 14.4. The van der Waals surface area contributed by atoms with E-state index in [-0.39, 0.29) is 18.4 Å². The number of rotatable bonds is 4. The summed E-state index contributed by atoms with van der Waals surface area (Å²) in [4.78, 5) is 7.81. The van der Waals surface area contributed by atoms with E-state index >= 15 is 4.39 Å². The lowest BCUT2D eigenvalue weighted by molar-refractivity contribution is -0.174. The van der Waals surface area contributed by atoms with E-state index in [1.165, 1.54) is 24.3 Å². The average Bonchev–Trinajstić information content (AvgIpc) is 2.73. The third kappa shape index (κ3) is 4.32. The number of phenols is 1. The van der Waals surface area contributed by atoms with Gasteiger partial charge in [-0.3, -0.25) is 14.8 Å². The van der Waals surface area contributed by atoms with Crippen LogP contribution < -0.4 is 0 Å². The van der Waals surface area contributed by atoms with Gasteiger partial charge in [0.05, 0.1) is 24.9 Å². The van der Waals surface area contributed by atoms with Gasteiger partial charge in [-0.15, -0.1) is 0 Å². The van der Waals surface area contributed by atoms with Gasteiger partial charge in [0, 0.05) is 12.5 Å². The van der Waals surface area contributed by atoms with Crippen molar-refractivity contribution in [1.82, 2.24) is 9.96 Å². The van der Waals surface area contributed by atoms with E-state index < -0.39 is 23.7 Å². The number of aromatic hydroxyl groups is 1. The second-order valence-electron chi connectivity index (χ2n) is 7.91. The molecule has 3 atom stereocenters. The van der Waals surface area contributed by atoms with Crippen LogP contribution >= 0.6 is 0 Å². The van der Waals surface area contributed by atoms with E-state index in [1.807, 2.05) is 0 Å². The average molecular weight is 418 g/mol. The zero-order chi connectivity index (χ0) is 21.3. The minimum Gasteiger partial charge on any atom is -0.505 e. The highest BCUT2D eigenvalue weighted by Crippen LogP contribution is 2.35. The minimum atomic E-state index is -1.15. The topological polar surface area (TPSA) is 35.9 Å². The molecule has 30 heavy (non-hydrogen) atoms. The molecule has 2 heterocycles. The van der Waals surface area contributed by atoms with Crippen molar-refractivity contribution in [3.63, 3.8) is 0 Å². The molecule has 160 valence electrons. The first kappa shape index (κ1) is 20.8. The molecule has 2 aliphatic heterocycles. The van der Waals surface area contributed by atoms with Gasteiger partial charge < -0.3 is 5.11 Å². The third-order valence-electron chi connectivity index (χ3n) is 6.00. The highest BCUT2D eigenvalue weighted by atomic mass is 19.1. The van der Waals surface area contributed by atoms with Crippen LogP contribution in [0.4, 0.5) is 13.2 Å². The van der Waals surface area contributed by atoms with Crippen molar-refractivity contribution in [3.8, 4) is 5.75 Å². The fourth-order valence-electron chi connectivity index (χ4n) is 4.33. The molecule has 0 aliphatic carbocycles. The maximum Gasteiger partial charge on any atom is 0.165 e. The van der Waals surface area contributed by atoms with Gasteiger partial charge >= 0.3 is 0 Å². The van der Waals surface area contributed by atoms with E-state index in [4.69, 9.17) is 4.84 Å². The molecule has 3 unspecified atom stereocenters. The first-order valence-corrected chi connectivity index (χ1v) is 10.1. The predicted molar refractivity (Wildman–Crippen MR) is 107 cm³/mol. The zero-order valence-corrected chi connectivity index (χ0v) is 16.6. The largest absolute Gasteiger partial charge is 0.505 e. The van der Waals surface area contributed by atoms with E-state index in [0.717, 1.165) is 11.3 Å². The Balaban J connectivity index is 1.41. The molecular weight excluding hydrogens is 393 g/mol. The third-order valence-corrected chi connectivity index (χ3v) is 6.00. The first-order valence-electron chi connectivity index (χ1n) is 10.1. The van der Waals surface area contributed by atoms with E-state index in [9.17, 15) is 13.9 Å². The SMILES string of the molecule is C=C1C(N2CCC(c3ccc(O)c(F)c3)C(F)C2)CCON1Cc1ccc(F)cc1. The predicted octanol–water partition coefficient (Wildman–Crippen LogP) is 4.52. The van der Waals surface area contributed by atoms with Gasteiger partial charge in [-0.05, 0) is 54.8 Å². The van der Waals surface area contributed by atoms with Crippen LogP contribution in [-0.2, 0) is 11.4 Å². The summed E-state index contributed by atoms with van der Waals surface area (Å²) in [6, 6.07) is 10.3. The fraction of sp³-hybridized carbons (Fsp3) is 0.391. The van der Waals surface area contributed by atoms with Gasteiger partial charge in [-0.25, -0.2) is 13.2 Å². The van der Waals surface area contributed by atoms with Crippen molar-refractivity contribution in [2.45, 2.75) is 37.5 Å². The van der Waals surface area contributed by atoms with Crippen LogP contribution in [0.2, 0.25) is 0 Å².